The average molecular weight is 371 g/mol. The molecule has 2 aromatic carbocycles. The van der Waals surface area contributed by atoms with Crippen LogP contribution in [0.4, 0.5) is 4.39 Å². The molecule has 0 saturated heterocycles. The van der Waals surface area contributed by atoms with E-state index in [9.17, 15) is 14.0 Å². The van der Waals surface area contributed by atoms with E-state index in [0.29, 0.717) is 27.2 Å². The molecular formula is C20H18FNO3S. The molecule has 0 N–H and O–H groups in total. The Morgan fingerprint density at radius 1 is 1.19 bits per heavy atom. The lowest BCUT2D eigenvalue weighted by atomic mass is 10.1. The third kappa shape index (κ3) is 3.80. The Hall–Kier alpha value is -2.60. The maximum atomic E-state index is 13.4. The van der Waals surface area contributed by atoms with Gasteiger partial charge in [-0.3, -0.25) is 9.59 Å². The second-order valence-corrected chi connectivity index (χ2v) is 6.89. The number of methoxy groups -OCH3 is 1. The van der Waals surface area contributed by atoms with Crippen molar-refractivity contribution in [3.05, 3.63) is 75.7 Å². The topological polar surface area (TPSA) is 48.3 Å². The number of esters is 1. The molecule has 0 saturated carbocycles. The molecule has 0 radical (unpaired) electrons. The first-order valence-electron chi connectivity index (χ1n) is 8.07. The Morgan fingerprint density at radius 3 is 2.69 bits per heavy atom. The van der Waals surface area contributed by atoms with Gasteiger partial charge < -0.3 is 9.30 Å². The number of hydrogen-bond donors (Lipinski definition) is 0. The Bertz CT molecular complexity index is 1030. The molecule has 1 heterocycles. The highest BCUT2D eigenvalue weighted by Crippen LogP contribution is 2.26. The minimum atomic E-state index is -0.390. The van der Waals surface area contributed by atoms with Gasteiger partial charge in [0.2, 0.25) is 0 Å². The van der Waals surface area contributed by atoms with Crippen LogP contribution in [0.25, 0.3) is 10.9 Å². The molecule has 6 heteroatoms. The number of carbonyl (C=O) groups excluding carboxylic acids is 1. The first-order valence-corrected chi connectivity index (χ1v) is 9.05. The number of rotatable bonds is 5. The number of halogens is 1. The maximum absolute atomic E-state index is 13.4. The maximum Gasteiger partial charge on any atom is 0.325 e. The number of hydrogen-bond acceptors (Lipinski definition) is 4. The molecule has 0 aliphatic rings. The monoisotopic (exact) mass is 371 g/mol. The largest absolute Gasteiger partial charge is 0.468 e. The van der Waals surface area contributed by atoms with Gasteiger partial charge in [0.25, 0.3) is 0 Å². The quantitative estimate of drug-likeness (QED) is 0.504. The van der Waals surface area contributed by atoms with Gasteiger partial charge in [-0.25, -0.2) is 4.39 Å². The fourth-order valence-corrected chi connectivity index (χ4v) is 3.74. The van der Waals surface area contributed by atoms with Crippen molar-refractivity contribution in [2.75, 3.05) is 7.11 Å². The number of fused-ring (bicyclic) bond motifs is 1. The number of nitrogens with zero attached hydrogens (tertiary/aromatic N) is 1. The van der Waals surface area contributed by atoms with E-state index in [4.69, 9.17) is 4.74 Å². The van der Waals surface area contributed by atoms with E-state index in [2.05, 4.69) is 0 Å². The van der Waals surface area contributed by atoms with Crippen LogP contribution in [0.2, 0.25) is 0 Å². The van der Waals surface area contributed by atoms with Crippen molar-refractivity contribution >= 4 is 28.6 Å². The van der Waals surface area contributed by atoms with Crippen molar-refractivity contribution in [2.24, 2.45) is 0 Å². The first-order chi connectivity index (χ1) is 12.5. The summed E-state index contributed by atoms with van der Waals surface area (Å²) in [6.45, 7) is 1.73. The number of thioether (sulfide) groups is 1. The fraction of sp³-hybridized carbons (Fsp3) is 0.200. The van der Waals surface area contributed by atoms with Crippen LogP contribution in [0.15, 0.2) is 58.4 Å². The van der Waals surface area contributed by atoms with Crippen molar-refractivity contribution in [1.82, 2.24) is 4.57 Å². The van der Waals surface area contributed by atoms with Gasteiger partial charge in [-0.05, 0) is 36.2 Å². The van der Waals surface area contributed by atoms with Gasteiger partial charge in [0.1, 0.15) is 12.4 Å². The number of aryl methyl sites for hydroxylation is 1. The predicted molar refractivity (Wildman–Crippen MR) is 101 cm³/mol. The predicted octanol–water partition coefficient (Wildman–Crippen LogP) is 3.91. The van der Waals surface area contributed by atoms with Crippen LogP contribution < -0.4 is 5.43 Å². The molecule has 3 rings (SSSR count). The van der Waals surface area contributed by atoms with Crippen molar-refractivity contribution in [1.29, 1.82) is 0 Å². The summed E-state index contributed by atoms with van der Waals surface area (Å²) in [5, 5.41) is 1.22. The molecule has 0 atom stereocenters. The number of aromatic nitrogens is 1. The zero-order chi connectivity index (χ0) is 18.7. The summed E-state index contributed by atoms with van der Waals surface area (Å²) in [5.41, 5.74) is 2.11. The Kier molecular flexibility index (Phi) is 5.42. The second-order valence-electron chi connectivity index (χ2n) is 5.90. The average Bonchev–Trinajstić information content (AvgIpc) is 2.65. The van der Waals surface area contributed by atoms with E-state index in [1.807, 2.05) is 12.1 Å². The van der Waals surface area contributed by atoms with Crippen LogP contribution in [0, 0.1) is 12.7 Å². The first kappa shape index (κ1) is 18.2. The lowest BCUT2D eigenvalue weighted by molar-refractivity contribution is -0.141. The number of pyridine rings is 1. The summed E-state index contributed by atoms with van der Waals surface area (Å²) in [5.74, 6) is -0.0783. The molecule has 0 aliphatic heterocycles. The zero-order valence-electron chi connectivity index (χ0n) is 14.5. The molecule has 3 aromatic rings. The summed E-state index contributed by atoms with van der Waals surface area (Å²) in [6, 6.07) is 13.6. The Labute approximate surface area is 154 Å². The zero-order valence-corrected chi connectivity index (χ0v) is 15.3. The minimum absolute atomic E-state index is 0.0159. The molecule has 0 fully saturated rings. The van der Waals surface area contributed by atoms with E-state index in [0.717, 1.165) is 5.56 Å². The Morgan fingerprint density at radius 2 is 1.96 bits per heavy atom. The number of ether oxygens (including phenoxy) is 1. The molecule has 0 spiro atoms. The molecule has 1 aromatic heterocycles. The normalized spacial score (nSPS) is 10.9. The highest BCUT2D eigenvalue weighted by atomic mass is 32.2. The van der Waals surface area contributed by atoms with Gasteiger partial charge in [-0.2, -0.15) is 0 Å². The summed E-state index contributed by atoms with van der Waals surface area (Å²) < 4.78 is 20.0. The van der Waals surface area contributed by atoms with Gasteiger partial charge in [-0.1, -0.05) is 24.3 Å². The van der Waals surface area contributed by atoms with E-state index < -0.39 is 5.97 Å². The van der Waals surface area contributed by atoms with Gasteiger partial charge in [0.05, 0.1) is 17.7 Å². The van der Waals surface area contributed by atoms with E-state index in [-0.39, 0.29) is 17.8 Å². The minimum Gasteiger partial charge on any atom is -0.468 e. The smallest absolute Gasteiger partial charge is 0.325 e. The van der Waals surface area contributed by atoms with Crippen molar-refractivity contribution in [2.45, 2.75) is 24.2 Å². The standard InChI is InChI=1S/C20H18FNO3S/c1-13-9-14(7-8-16(13)21)12-26-19-10-18(23)15-5-3-4-6-17(15)22(19)11-20(24)25-2/h3-10H,11-12H2,1-2H3. The van der Waals surface area contributed by atoms with Crippen LogP contribution in [0.1, 0.15) is 11.1 Å². The van der Waals surface area contributed by atoms with E-state index >= 15 is 0 Å². The van der Waals surface area contributed by atoms with Crippen LogP contribution in [-0.4, -0.2) is 17.6 Å². The number of benzene rings is 2. The van der Waals surface area contributed by atoms with E-state index in [1.54, 1.807) is 35.8 Å². The molecule has 134 valence electrons. The lowest BCUT2D eigenvalue weighted by Gasteiger charge is -2.15. The molecule has 0 unspecified atom stereocenters. The third-order valence-corrected chi connectivity index (χ3v) is 5.22. The molecule has 4 nitrogen and oxygen atoms in total. The van der Waals surface area contributed by atoms with Crippen LogP contribution >= 0.6 is 11.8 Å². The van der Waals surface area contributed by atoms with Gasteiger partial charge >= 0.3 is 5.97 Å². The highest BCUT2D eigenvalue weighted by Gasteiger charge is 2.13. The van der Waals surface area contributed by atoms with Crippen molar-refractivity contribution in [3.8, 4) is 0 Å². The molecule has 26 heavy (non-hydrogen) atoms. The van der Waals surface area contributed by atoms with Crippen LogP contribution in [0.5, 0.6) is 0 Å². The molecule has 0 amide bonds. The third-order valence-electron chi connectivity index (χ3n) is 4.10. The van der Waals surface area contributed by atoms with Crippen LogP contribution in [-0.2, 0) is 21.8 Å². The summed E-state index contributed by atoms with van der Waals surface area (Å²) in [4.78, 5) is 24.3. The highest BCUT2D eigenvalue weighted by molar-refractivity contribution is 7.98. The lowest BCUT2D eigenvalue weighted by Crippen LogP contribution is -2.17. The van der Waals surface area contributed by atoms with Gasteiger partial charge in [0.15, 0.2) is 5.43 Å². The van der Waals surface area contributed by atoms with E-state index in [1.165, 1.54) is 31.0 Å². The SMILES string of the molecule is COC(=O)Cn1c(SCc2ccc(F)c(C)c2)cc(=O)c2ccccc21. The molecule has 0 aliphatic carbocycles. The van der Waals surface area contributed by atoms with Gasteiger partial charge in [0, 0.05) is 17.2 Å². The summed E-state index contributed by atoms with van der Waals surface area (Å²) in [7, 11) is 1.33. The Balaban J connectivity index is 2.00. The second kappa shape index (κ2) is 7.74. The van der Waals surface area contributed by atoms with Crippen LogP contribution in [0.3, 0.4) is 0 Å². The fourth-order valence-electron chi connectivity index (χ4n) is 2.73. The number of para-hydroxylation sites is 1. The summed E-state index contributed by atoms with van der Waals surface area (Å²) >= 11 is 1.43. The number of carbonyl (C=O) groups is 1. The van der Waals surface area contributed by atoms with Crippen molar-refractivity contribution < 1.29 is 13.9 Å². The van der Waals surface area contributed by atoms with Gasteiger partial charge in [-0.15, -0.1) is 11.8 Å². The summed E-state index contributed by atoms with van der Waals surface area (Å²) in [6.07, 6.45) is 0. The molecular weight excluding hydrogens is 353 g/mol. The van der Waals surface area contributed by atoms with Crippen molar-refractivity contribution in [3.63, 3.8) is 0 Å². The molecule has 0 bridgehead atoms.